The van der Waals surface area contributed by atoms with Gasteiger partial charge in [-0.25, -0.2) is 0 Å². The van der Waals surface area contributed by atoms with Crippen molar-refractivity contribution in [1.29, 1.82) is 0 Å². The number of hydrogen-bond acceptors (Lipinski definition) is 1. The van der Waals surface area contributed by atoms with Gasteiger partial charge in [-0.1, -0.05) is 92.2 Å². The van der Waals surface area contributed by atoms with E-state index in [1.54, 1.807) is 0 Å². The number of hydrogen-bond donors (Lipinski definition) is 0. The van der Waals surface area contributed by atoms with Gasteiger partial charge in [0.1, 0.15) is 0 Å². The number of allylic oxidation sites excluding steroid dienone is 4. The zero-order valence-corrected chi connectivity index (χ0v) is 16.4. The van der Waals surface area contributed by atoms with Crippen molar-refractivity contribution in [1.82, 2.24) is 0 Å². The average Bonchev–Trinajstić information content (AvgIpc) is 2.68. The Kier molecular flexibility index (Phi) is 8.92. The topological polar surface area (TPSA) is 9.23 Å². The number of aryl methyl sites for hydroxylation is 2. The predicted octanol–water partition coefficient (Wildman–Crippen LogP) is 6.46. The van der Waals surface area contributed by atoms with Gasteiger partial charge >= 0.3 is 0 Å². The standard InChI is InChI=1S/C18H22O.C7H10/c1-3-16-5-4-6-18(13-16)14-19-12-11-17-9-7-15(2)8-10-17;1-7-5-3-2-4-6-7/h4-10,13H,3,11-12,14H2,1-2H3;2-5,7H,6H2,1H3. The smallest absolute Gasteiger partial charge is 0.0717 e. The summed E-state index contributed by atoms with van der Waals surface area (Å²) in [7, 11) is 0. The van der Waals surface area contributed by atoms with Crippen molar-refractivity contribution in [3.8, 4) is 0 Å². The lowest BCUT2D eigenvalue weighted by Gasteiger charge is -2.06. The van der Waals surface area contributed by atoms with Crippen molar-refractivity contribution >= 4 is 0 Å². The maximum atomic E-state index is 5.75. The minimum atomic E-state index is 0.708. The number of benzene rings is 2. The van der Waals surface area contributed by atoms with Crippen LogP contribution in [0.5, 0.6) is 0 Å². The Morgan fingerprint density at radius 1 is 0.962 bits per heavy atom. The van der Waals surface area contributed by atoms with Crippen LogP contribution in [0.15, 0.2) is 72.8 Å². The van der Waals surface area contributed by atoms with E-state index < -0.39 is 0 Å². The van der Waals surface area contributed by atoms with Gasteiger partial charge in [0.2, 0.25) is 0 Å². The third-order valence-electron chi connectivity index (χ3n) is 4.52. The highest BCUT2D eigenvalue weighted by atomic mass is 16.5. The van der Waals surface area contributed by atoms with Gasteiger partial charge < -0.3 is 4.74 Å². The summed E-state index contributed by atoms with van der Waals surface area (Å²) < 4.78 is 5.75. The molecule has 26 heavy (non-hydrogen) atoms. The summed E-state index contributed by atoms with van der Waals surface area (Å²) in [6, 6.07) is 17.3. The molecule has 0 aromatic heterocycles. The van der Waals surface area contributed by atoms with E-state index in [1.165, 1.54) is 28.7 Å². The summed E-state index contributed by atoms with van der Waals surface area (Å²) in [5, 5.41) is 0. The van der Waals surface area contributed by atoms with Crippen LogP contribution in [-0.2, 0) is 24.2 Å². The molecule has 0 radical (unpaired) electrons. The van der Waals surface area contributed by atoms with Gasteiger partial charge in [-0.3, -0.25) is 0 Å². The van der Waals surface area contributed by atoms with Gasteiger partial charge in [-0.05, 0) is 48.8 Å². The van der Waals surface area contributed by atoms with Crippen LogP contribution in [0.2, 0.25) is 0 Å². The Bertz CT molecular complexity index is 694. The molecule has 0 bridgehead atoms. The van der Waals surface area contributed by atoms with Crippen LogP contribution in [0.25, 0.3) is 0 Å². The molecule has 0 heterocycles. The van der Waals surface area contributed by atoms with Crippen LogP contribution in [0, 0.1) is 12.8 Å². The van der Waals surface area contributed by atoms with Crippen molar-refractivity contribution in [3.63, 3.8) is 0 Å². The van der Waals surface area contributed by atoms with Gasteiger partial charge in [0.05, 0.1) is 13.2 Å². The van der Waals surface area contributed by atoms with E-state index in [1.807, 2.05) is 0 Å². The molecule has 1 aliphatic carbocycles. The van der Waals surface area contributed by atoms with Crippen molar-refractivity contribution in [2.75, 3.05) is 6.61 Å². The van der Waals surface area contributed by atoms with Crippen LogP contribution in [0.3, 0.4) is 0 Å². The summed E-state index contributed by atoms with van der Waals surface area (Å²) in [5.41, 5.74) is 5.29. The molecular weight excluding hydrogens is 316 g/mol. The molecule has 1 aliphatic rings. The molecule has 0 amide bonds. The van der Waals surface area contributed by atoms with Gasteiger partial charge in [-0.15, -0.1) is 0 Å². The molecule has 0 fully saturated rings. The van der Waals surface area contributed by atoms with E-state index >= 15 is 0 Å². The Morgan fingerprint density at radius 2 is 1.73 bits per heavy atom. The van der Waals surface area contributed by atoms with Gasteiger partial charge in [0.25, 0.3) is 0 Å². The number of rotatable bonds is 6. The summed E-state index contributed by atoms with van der Waals surface area (Å²) in [5.74, 6) is 0.769. The Balaban J connectivity index is 0.000000290. The molecule has 0 saturated carbocycles. The SMILES string of the molecule is CC1C=CC=CC1.CCc1cccc(COCCc2ccc(C)cc2)c1. The number of ether oxygens (including phenoxy) is 1. The summed E-state index contributed by atoms with van der Waals surface area (Å²) in [6.07, 6.45) is 11.9. The normalized spacial score (nSPS) is 15.4. The third kappa shape index (κ3) is 7.84. The lowest BCUT2D eigenvalue weighted by Crippen LogP contribution is -1.99. The van der Waals surface area contributed by atoms with E-state index in [4.69, 9.17) is 4.74 Å². The molecule has 0 aliphatic heterocycles. The molecule has 3 rings (SSSR count). The molecule has 138 valence electrons. The lowest BCUT2D eigenvalue weighted by molar-refractivity contribution is 0.124. The van der Waals surface area contributed by atoms with E-state index in [2.05, 4.69) is 93.6 Å². The second-order valence-corrected chi connectivity index (χ2v) is 6.99. The van der Waals surface area contributed by atoms with E-state index in [-0.39, 0.29) is 0 Å². The molecule has 1 atom stereocenters. The predicted molar refractivity (Wildman–Crippen MR) is 112 cm³/mol. The quantitative estimate of drug-likeness (QED) is 0.545. The molecule has 0 saturated heterocycles. The summed E-state index contributed by atoms with van der Waals surface area (Å²) >= 11 is 0. The molecule has 1 unspecified atom stereocenters. The fraction of sp³-hybridized carbons (Fsp3) is 0.360. The largest absolute Gasteiger partial charge is 0.376 e. The first-order valence-electron chi connectivity index (χ1n) is 9.72. The summed E-state index contributed by atoms with van der Waals surface area (Å²) in [4.78, 5) is 0. The average molecular weight is 349 g/mol. The molecule has 2 aromatic rings. The minimum absolute atomic E-state index is 0.708. The van der Waals surface area contributed by atoms with Crippen molar-refractivity contribution in [3.05, 3.63) is 95.1 Å². The van der Waals surface area contributed by atoms with Crippen LogP contribution in [0.1, 0.15) is 42.5 Å². The first-order chi connectivity index (χ1) is 12.7. The first kappa shape index (κ1) is 20.2. The van der Waals surface area contributed by atoms with Gasteiger partial charge in [0.15, 0.2) is 0 Å². The highest BCUT2D eigenvalue weighted by molar-refractivity contribution is 5.23. The third-order valence-corrected chi connectivity index (χ3v) is 4.52. The highest BCUT2D eigenvalue weighted by Crippen LogP contribution is 2.09. The molecule has 1 heteroatoms. The lowest BCUT2D eigenvalue weighted by atomic mass is 10.0. The molecule has 0 spiro atoms. The Labute approximate surface area is 159 Å². The Hall–Kier alpha value is -2.12. The highest BCUT2D eigenvalue weighted by Gasteiger charge is 1.97. The van der Waals surface area contributed by atoms with E-state index in [9.17, 15) is 0 Å². The fourth-order valence-corrected chi connectivity index (χ4v) is 2.78. The fourth-order valence-electron chi connectivity index (χ4n) is 2.78. The second kappa shape index (κ2) is 11.5. The summed E-state index contributed by atoms with van der Waals surface area (Å²) in [6.45, 7) is 8.00. The van der Waals surface area contributed by atoms with Crippen molar-refractivity contribution in [2.45, 2.75) is 46.6 Å². The molecular formula is C25H32O. The van der Waals surface area contributed by atoms with Gasteiger partial charge in [-0.2, -0.15) is 0 Å². The maximum absolute atomic E-state index is 5.75. The van der Waals surface area contributed by atoms with Crippen LogP contribution < -0.4 is 0 Å². The molecule has 2 aromatic carbocycles. The van der Waals surface area contributed by atoms with E-state index in [0.29, 0.717) is 6.61 Å². The second-order valence-electron chi connectivity index (χ2n) is 6.99. The monoisotopic (exact) mass is 348 g/mol. The minimum Gasteiger partial charge on any atom is -0.376 e. The molecule has 0 N–H and O–H groups in total. The van der Waals surface area contributed by atoms with Crippen molar-refractivity contribution < 1.29 is 4.74 Å². The van der Waals surface area contributed by atoms with Crippen LogP contribution in [-0.4, -0.2) is 6.61 Å². The maximum Gasteiger partial charge on any atom is 0.0717 e. The van der Waals surface area contributed by atoms with E-state index in [0.717, 1.165) is 25.4 Å². The Morgan fingerprint density at radius 3 is 2.35 bits per heavy atom. The van der Waals surface area contributed by atoms with Gasteiger partial charge in [0, 0.05) is 0 Å². The van der Waals surface area contributed by atoms with Crippen LogP contribution >= 0.6 is 0 Å². The first-order valence-corrected chi connectivity index (χ1v) is 9.72. The van der Waals surface area contributed by atoms with Crippen LogP contribution in [0.4, 0.5) is 0 Å². The zero-order valence-electron chi connectivity index (χ0n) is 16.4. The molecule has 1 nitrogen and oxygen atoms in total. The zero-order chi connectivity index (χ0) is 18.6. The van der Waals surface area contributed by atoms with Crippen molar-refractivity contribution in [2.24, 2.45) is 5.92 Å².